The van der Waals surface area contributed by atoms with Crippen molar-refractivity contribution in [1.29, 1.82) is 0 Å². The van der Waals surface area contributed by atoms with Crippen molar-refractivity contribution < 1.29 is 9.66 Å². The molecule has 1 saturated heterocycles. The average molecular weight is 364 g/mol. The normalized spacial score (nSPS) is 15.0. The van der Waals surface area contributed by atoms with Gasteiger partial charge in [-0.2, -0.15) is 0 Å². The van der Waals surface area contributed by atoms with Gasteiger partial charge in [-0.1, -0.05) is 6.07 Å². The van der Waals surface area contributed by atoms with Crippen molar-refractivity contribution in [3.63, 3.8) is 0 Å². The lowest BCUT2D eigenvalue weighted by Crippen LogP contribution is -2.36. The van der Waals surface area contributed by atoms with Gasteiger partial charge in [0.2, 0.25) is 5.88 Å². The summed E-state index contributed by atoms with van der Waals surface area (Å²) in [6.07, 6.45) is 3.80. The van der Waals surface area contributed by atoms with Gasteiger partial charge >= 0.3 is 0 Å². The minimum atomic E-state index is -0.384. The van der Waals surface area contributed by atoms with Crippen molar-refractivity contribution in [1.82, 2.24) is 9.97 Å². The highest BCUT2D eigenvalue weighted by Crippen LogP contribution is 2.26. The molecule has 138 valence electrons. The van der Waals surface area contributed by atoms with Gasteiger partial charge in [0.15, 0.2) is 0 Å². The van der Waals surface area contributed by atoms with E-state index in [0.29, 0.717) is 18.4 Å². The Labute approximate surface area is 156 Å². The average Bonchev–Trinajstić information content (AvgIpc) is 2.72. The van der Waals surface area contributed by atoms with Crippen molar-refractivity contribution >= 4 is 22.4 Å². The number of rotatable bonds is 5. The number of anilines is 1. The Morgan fingerprint density at radius 3 is 2.74 bits per heavy atom. The molecule has 0 N–H and O–H groups in total. The van der Waals surface area contributed by atoms with Gasteiger partial charge < -0.3 is 9.64 Å². The molecule has 4 rings (SSSR count). The number of nitro benzene ring substituents is 1. The van der Waals surface area contributed by atoms with Gasteiger partial charge in [-0.25, -0.2) is 9.97 Å². The molecule has 7 heteroatoms. The van der Waals surface area contributed by atoms with E-state index in [-0.39, 0.29) is 10.6 Å². The van der Waals surface area contributed by atoms with Crippen LogP contribution >= 0.6 is 0 Å². The van der Waals surface area contributed by atoms with Gasteiger partial charge in [-0.15, -0.1) is 0 Å². The lowest BCUT2D eigenvalue weighted by molar-refractivity contribution is -0.384. The molecule has 0 amide bonds. The molecule has 1 aliphatic rings. The van der Waals surface area contributed by atoms with Crippen LogP contribution in [0.25, 0.3) is 10.9 Å². The third kappa shape index (κ3) is 3.97. The number of benzene rings is 1. The first-order chi connectivity index (χ1) is 13.2. The Bertz CT molecular complexity index is 940. The van der Waals surface area contributed by atoms with Crippen LogP contribution in [0.2, 0.25) is 0 Å². The van der Waals surface area contributed by atoms with Gasteiger partial charge in [0.25, 0.3) is 5.69 Å². The summed E-state index contributed by atoms with van der Waals surface area (Å²) in [7, 11) is 0. The highest BCUT2D eigenvalue weighted by atomic mass is 16.6. The minimum absolute atomic E-state index is 0.0887. The first kappa shape index (κ1) is 17.2. The van der Waals surface area contributed by atoms with Crippen LogP contribution in [-0.2, 0) is 0 Å². The molecule has 0 saturated carbocycles. The third-order valence-corrected chi connectivity index (χ3v) is 4.91. The van der Waals surface area contributed by atoms with E-state index in [4.69, 9.17) is 4.74 Å². The number of fused-ring (bicyclic) bond motifs is 1. The summed E-state index contributed by atoms with van der Waals surface area (Å²) in [5, 5.41) is 11.7. The van der Waals surface area contributed by atoms with Gasteiger partial charge in [-0.05, 0) is 43.0 Å². The number of nitrogens with zero attached hydrogens (tertiary/aromatic N) is 4. The first-order valence-electron chi connectivity index (χ1n) is 9.03. The maximum absolute atomic E-state index is 10.9. The molecule has 1 aliphatic heterocycles. The summed E-state index contributed by atoms with van der Waals surface area (Å²) >= 11 is 0. The van der Waals surface area contributed by atoms with Crippen LogP contribution in [0, 0.1) is 16.0 Å². The first-order valence-corrected chi connectivity index (χ1v) is 9.03. The third-order valence-electron chi connectivity index (χ3n) is 4.91. The molecule has 0 bridgehead atoms. The standard InChI is InChI=1S/C20H20N4O3/c25-24(26)17-5-6-18-16(13-17)4-7-19(22-18)23-11-8-15(9-12-23)14-27-20-3-1-2-10-21-20/h1-7,10,13,15H,8-9,11-12,14H2. The summed E-state index contributed by atoms with van der Waals surface area (Å²) in [5.41, 5.74) is 0.865. The second-order valence-corrected chi connectivity index (χ2v) is 6.71. The smallest absolute Gasteiger partial charge is 0.270 e. The Morgan fingerprint density at radius 1 is 1.15 bits per heavy atom. The Hall–Kier alpha value is -3.22. The molecule has 0 unspecified atom stereocenters. The van der Waals surface area contributed by atoms with Crippen molar-refractivity contribution in [3.05, 3.63) is 64.8 Å². The van der Waals surface area contributed by atoms with Crippen LogP contribution in [0.1, 0.15) is 12.8 Å². The lowest BCUT2D eigenvalue weighted by atomic mass is 9.98. The number of piperidine rings is 1. The van der Waals surface area contributed by atoms with E-state index in [1.54, 1.807) is 18.3 Å². The van der Waals surface area contributed by atoms with E-state index in [2.05, 4.69) is 14.9 Å². The Morgan fingerprint density at radius 2 is 2.00 bits per heavy atom. The van der Waals surface area contributed by atoms with E-state index in [1.807, 2.05) is 30.3 Å². The van der Waals surface area contributed by atoms with Crippen molar-refractivity contribution in [2.75, 3.05) is 24.6 Å². The van der Waals surface area contributed by atoms with E-state index in [0.717, 1.165) is 42.7 Å². The highest BCUT2D eigenvalue weighted by molar-refractivity contribution is 5.82. The summed E-state index contributed by atoms with van der Waals surface area (Å²) < 4.78 is 5.77. The molecule has 0 spiro atoms. The van der Waals surface area contributed by atoms with Crippen molar-refractivity contribution in [2.24, 2.45) is 5.92 Å². The monoisotopic (exact) mass is 364 g/mol. The summed E-state index contributed by atoms with van der Waals surface area (Å²) in [4.78, 5) is 21.6. The summed E-state index contributed by atoms with van der Waals surface area (Å²) in [5.74, 6) is 2.09. The topological polar surface area (TPSA) is 81.4 Å². The molecule has 1 fully saturated rings. The molecular formula is C20H20N4O3. The fourth-order valence-electron chi connectivity index (χ4n) is 3.36. The number of nitro groups is 1. The molecule has 0 atom stereocenters. The van der Waals surface area contributed by atoms with E-state index in [1.165, 1.54) is 6.07 Å². The predicted octanol–water partition coefficient (Wildman–Crippen LogP) is 3.83. The molecule has 0 radical (unpaired) electrons. The molecule has 7 nitrogen and oxygen atoms in total. The van der Waals surface area contributed by atoms with Crippen LogP contribution in [-0.4, -0.2) is 34.6 Å². The zero-order valence-corrected chi connectivity index (χ0v) is 14.8. The van der Waals surface area contributed by atoms with Crippen LogP contribution < -0.4 is 9.64 Å². The molecule has 0 aliphatic carbocycles. The molecule has 1 aromatic carbocycles. The lowest BCUT2D eigenvalue weighted by Gasteiger charge is -2.32. The van der Waals surface area contributed by atoms with Crippen LogP contribution in [0.5, 0.6) is 5.88 Å². The van der Waals surface area contributed by atoms with Gasteiger partial charge in [0, 0.05) is 42.9 Å². The second-order valence-electron chi connectivity index (χ2n) is 6.71. The number of pyridine rings is 2. The molecule has 3 aromatic rings. The summed E-state index contributed by atoms with van der Waals surface area (Å²) in [6, 6.07) is 14.3. The fourth-order valence-corrected chi connectivity index (χ4v) is 3.36. The molecule has 2 aromatic heterocycles. The second kappa shape index (κ2) is 7.57. The molecular weight excluding hydrogens is 344 g/mol. The number of non-ortho nitro benzene ring substituents is 1. The summed E-state index contributed by atoms with van der Waals surface area (Å²) in [6.45, 7) is 2.52. The number of hydrogen-bond donors (Lipinski definition) is 0. The fraction of sp³-hybridized carbons (Fsp3) is 0.300. The van der Waals surface area contributed by atoms with Crippen molar-refractivity contribution in [2.45, 2.75) is 12.8 Å². The highest BCUT2D eigenvalue weighted by Gasteiger charge is 2.21. The maximum Gasteiger partial charge on any atom is 0.270 e. The van der Waals surface area contributed by atoms with Crippen molar-refractivity contribution in [3.8, 4) is 5.88 Å². The number of ether oxygens (including phenoxy) is 1. The van der Waals surface area contributed by atoms with E-state index < -0.39 is 0 Å². The van der Waals surface area contributed by atoms with Gasteiger partial charge in [0.05, 0.1) is 17.0 Å². The SMILES string of the molecule is O=[N+]([O-])c1ccc2nc(N3CCC(COc4ccccn4)CC3)ccc2c1. The van der Waals surface area contributed by atoms with Gasteiger partial charge in [-0.3, -0.25) is 10.1 Å². The Balaban J connectivity index is 1.37. The Kier molecular flexibility index (Phi) is 4.82. The number of aromatic nitrogens is 2. The minimum Gasteiger partial charge on any atom is -0.477 e. The number of hydrogen-bond acceptors (Lipinski definition) is 6. The van der Waals surface area contributed by atoms with Gasteiger partial charge in [0.1, 0.15) is 5.82 Å². The quantitative estimate of drug-likeness (QED) is 0.505. The maximum atomic E-state index is 10.9. The molecule has 27 heavy (non-hydrogen) atoms. The van der Waals surface area contributed by atoms with E-state index in [9.17, 15) is 10.1 Å². The predicted molar refractivity (Wildman–Crippen MR) is 103 cm³/mol. The van der Waals surface area contributed by atoms with Crippen LogP contribution in [0.3, 0.4) is 0 Å². The molecule has 3 heterocycles. The zero-order chi connectivity index (χ0) is 18.6. The van der Waals surface area contributed by atoms with Crippen LogP contribution in [0.4, 0.5) is 11.5 Å². The van der Waals surface area contributed by atoms with E-state index >= 15 is 0 Å². The largest absolute Gasteiger partial charge is 0.477 e. The zero-order valence-electron chi connectivity index (χ0n) is 14.8. The van der Waals surface area contributed by atoms with Crippen LogP contribution in [0.15, 0.2) is 54.7 Å².